The summed E-state index contributed by atoms with van der Waals surface area (Å²) in [5.74, 6) is 0.251. The van der Waals surface area contributed by atoms with E-state index in [0.29, 0.717) is 29.9 Å². The summed E-state index contributed by atoms with van der Waals surface area (Å²) in [5.41, 5.74) is 1.78. The Bertz CT molecular complexity index is 1150. The van der Waals surface area contributed by atoms with E-state index in [0.717, 1.165) is 62.3 Å². The third-order valence-corrected chi connectivity index (χ3v) is 10.4. The first-order valence-corrected chi connectivity index (χ1v) is 16.4. The van der Waals surface area contributed by atoms with Crippen LogP contribution >= 0.6 is 0 Å². The number of sulfone groups is 1. The molecular formula is C32H50N2O4S. The van der Waals surface area contributed by atoms with Crippen molar-refractivity contribution in [2.45, 2.75) is 83.1 Å². The van der Waals surface area contributed by atoms with Crippen LogP contribution in [0, 0.1) is 5.41 Å². The number of aliphatic hydroxyl groups is 1. The zero-order chi connectivity index (χ0) is 28.6. The molecule has 1 aliphatic rings. The average Bonchev–Trinajstić information content (AvgIpc) is 2.99. The molecule has 0 aromatic heterocycles. The molecule has 0 fully saturated rings. The summed E-state index contributed by atoms with van der Waals surface area (Å²) in [6.07, 6.45) is 4.23. The number of benzene rings is 2. The highest BCUT2D eigenvalue weighted by molar-refractivity contribution is 7.91. The first-order valence-electron chi connectivity index (χ1n) is 14.8. The van der Waals surface area contributed by atoms with Crippen molar-refractivity contribution >= 4 is 15.5 Å². The highest BCUT2D eigenvalue weighted by atomic mass is 32.2. The van der Waals surface area contributed by atoms with Crippen molar-refractivity contribution in [1.82, 2.24) is 4.90 Å². The zero-order valence-electron chi connectivity index (χ0n) is 24.9. The Morgan fingerprint density at radius 1 is 0.974 bits per heavy atom. The maximum Gasteiger partial charge on any atom is 0.179 e. The molecule has 39 heavy (non-hydrogen) atoms. The molecule has 218 valence electrons. The van der Waals surface area contributed by atoms with Crippen LogP contribution in [0.1, 0.15) is 83.3 Å². The topological polar surface area (TPSA) is 70.1 Å². The minimum atomic E-state index is -3.62. The van der Waals surface area contributed by atoms with Crippen LogP contribution in [0.15, 0.2) is 47.4 Å². The molecule has 2 atom stereocenters. The lowest BCUT2D eigenvalue weighted by atomic mass is 9.68. The normalized spacial score (nSPS) is 19.9. The summed E-state index contributed by atoms with van der Waals surface area (Å²) in [5, 5.41) is 12.4. The lowest BCUT2D eigenvalue weighted by molar-refractivity contribution is 0.0126. The van der Waals surface area contributed by atoms with Gasteiger partial charge in [0.05, 0.1) is 16.8 Å². The molecule has 0 spiro atoms. The van der Waals surface area contributed by atoms with Crippen LogP contribution < -0.4 is 9.64 Å². The van der Waals surface area contributed by atoms with Crippen molar-refractivity contribution in [3.63, 3.8) is 0 Å². The number of hydrogen-bond donors (Lipinski definition) is 1. The first-order chi connectivity index (χ1) is 18.6. The Kier molecular flexibility index (Phi) is 11.3. The number of rotatable bonds is 14. The van der Waals surface area contributed by atoms with Crippen molar-refractivity contribution in [2.75, 3.05) is 51.0 Å². The minimum absolute atomic E-state index is 0.0218. The molecule has 0 saturated heterocycles. The number of unbranched alkanes of at least 4 members (excludes halogenated alkanes) is 2. The monoisotopic (exact) mass is 558 g/mol. The molecule has 1 N–H and O–H groups in total. The van der Waals surface area contributed by atoms with E-state index in [1.165, 1.54) is 0 Å². The van der Waals surface area contributed by atoms with Gasteiger partial charge in [0.15, 0.2) is 9.84 Å². The van der Waals surface area contributed by atoms with Gasteiger partial charge in [-0.25, -0.2) is 8.42 Å². The molecule has 1 unspecified atom stereocenters. The first kappa shape index (κ1) is 31.4. The molecule has 7 heteroatoms. The number of hydrogen-bond acceptors (Lipinski definition) is 6. The quantitative estimate of drug-likeness (QED) is 0.301. The number of aliphatic hydroxyl groups excluding tert-OH is 1. The molecule has 3 rings (SSSR count). The zero-order valence-corrected chi connectivity index (χ0v) is 25.8. The van der Waals surface area contributed by atoms with Crippen LogP contribution in [-0.2, 0) is 9.84 Å². The lowest BCUT2D eigenvalue weighted by Crippen LogP contribution is -2.43. The van der Waals surface area contributed by atoms with Crippen molar-refractivity contribution < 1.29 is 18.3 Å². The number of anilines is 1. The highest BCUT2D eigenvalue weighted by Crippen LogP contribution is 2.50. The average molecular weight is 559 g/mol. The van der Waals surface area contributed by atoms with Crippen LogP contribution in [0.25, 0.3) is 0 Å². The predicted octanol–water partition coefficient (Wildman–Crippen LogP) is 6.12. The number of likely N-dealkylation sites (N-methyl/N-ethyl adjacent to an activating group) is 1. The summed E-state index contributed by atoms with van der Waals surface area (Å²) >= 11 is 0. The summed E-state index contributed by atoms with van der Waals surface area (Å²) in [7, 11) is 0.290. The van der Waals surface area contributed by atoms with Crippen LogP contribution in [0.4, 0.5) is 5.69 Å². The molecular weight excluding hydrogens is 508 g/mol. The molecule has 2 aromatic rings. The van der Waals surface area contributed by atoms with E-state index < -0.39 is 27.3 Å². The van der Waals surface area contributed by atoms with Crippen LogP contribution in [0.5, 0.6) is 5.75 Å². The third-order valence-electron chi connectivity index (χ3n) is 8.44. The van der Waals surface area contributed by atoms with Gasteiger partial charge in [-0.15, -0.1) is 0 Å². The fourth-order valence-electron chi connectivity index (χ4n) is 6.02. The van der Waals surface area contributed by atoms with E-state index in [-0.39, 0.29) is 5.75 Å². The molecule has 1 aliphatic heterocycles. The second-order valence-corrected chi connectivity index (χ2v) is 13.3. The molecule has 2 aromatic carbocycles. The number of nitrogens with zero attached hydrogens (tertiary/aromatic N) is 2. The maximum absolute atomic E-state index is 14.0. The SMILES string of the molecule is CCCCC1(CCCC)CS(=O)(=O)c2ccc(N(C)C)cc2[C@@H](c2cccc(OCCN(CC)CC)c2)C1O. The van der Waals surface area contributed by atoms with Gasteiger partial charge in [-0.1, -0.05) is 65.5 Å². The second kappa shape index (κ2) is 14.0. The molecule has 0 saturated carbocycles. The summed E-state index contributed by atoms with van der Waals surface area (Å²) in [6, 6.07) is 13.5. The van der Waals surface area contributed by atoms with E-state index in [9.17, 15) is 13.5 Å². The Balaban J connectivity index is 2.16. The molecule has 0 radical (unpaired) electrons. The van der Waals surface area contributed by atoms with Crippen LogP contribution in [0.2, 0.25) is 0 Å². The van der Waals surface area contributed by atoms with E-state index in [2.05, 4.69) is 32.6 Å². The van der Waals surface area contributed by atoms with Gasteiger partial charge in [-0.2, -0.15) is 0 Å². The van der Waals surface area contributed by atoms with E-state index in [4.69, 9.17) is 4.74 Å². The molecule has 1 heterocycles. The molecule has 0 aliphatic carbocycles. The van der Waals surface area contributed by atoms with Crippen molar-refractivity contribution in [3.05, 3.63) is 53.6 Å². The number of ether oxygens (including phenoxy) is 1. The van der Waals surface area contributed by atoms with Gasteiger partial charge in [0, 0.05) is 37.7 Å². The lowest BCUT2D eigenvalue weighted by Gasteiger charge is -2.40. The largest absolute Gasteiger partial charge is 0.492 e. The Hall–Kier alpha value is -2.09. The molecule has 0 bridgehead atoms. The predicted molar refractivity (Wildman–Crippen MR) is 162 cm³/mol. The van der Waals surface area contributed by atoms with E-state index >= 15 is 0 Å². The highest BCUT2D eigenvalue weighted by Gasteiger charge is 2.49. The smallest absolute Gasteiger partial charge is 0.179 e. The van der Waals surface area contributed by atoms with Crippen molar-refractivity contribution in [1.29, 1.82) is 0 Å². The van der Waals surface area contributed by atoms with Gasteiger partial charge < -0.3 is 19.6 Å². The van der Waals surface area contributed by atoms with Gasteiger partial charge >= 0.3 is 0 Å². The Labute approximate surface area is 237 Å². The van der Waals surface area contributed by atoms with E-state index in [1.807, 2.05) is 55.4 Å². The molecule has 0 amide bonds. The van der Waals surface area contributed by atoms with Gasteiger partial charge in [0.1, 0.15) is 12.4 Å². The summed E-state index contributed by atoms with van der Waals surface area (Å²) in [4.78, 5) is 4.65. The van der Waals surface area contributed by atoms with Crippen molar-refractivity contribution in [3.8, 4) is 5.75 Å². The standard InChI is InChI=1S/C32H50N2O4S/c1-7-11-18-32(19-12-8-2)24-39(36,37)29-17-16-26(33(5)6)23-28(29)30(31(32)35)25-14-13-15-27(22-25)38-21-20-34(9-3)10-4/h13-17,22-23,30-31,35H,7-12,18-21,24H2,1-6H3/t30-,31?/m1/s1. The second-order valence-electron chi connectivity index (χ2n) is 11.3. The fourth-order valence-corrected chi connectivity index (χ4v) is 8.21. The number of fused-ring (bicyclic) bond motifs is 1. The Morgan fingerprint density at radius 2 is 1.64 bits per heavy atom. The Morgan fingerprint density at radius 3 is 2.23 bits per heavy atom. The van der Waals surface area contributed by atoms with Crippen LogP contribution in [0.3, 0.4) is 0 Å². The van der Waals surface area contributed by atoms with E-state index in [1.54, 1.807) is 6.07 Å². The summed E-state index contributed by atoms with van der Waals surface area (Å²) in [6.45, 7) is 11.9. The maximum atomic E-state index is 14.0. The van der Waals surface area contributed by atoms with Gasteiger partial charge in [0.25, 0.3) is 0 Å². The molecule has 6 nitrogen and oxygen atoms in total. The van der Waals surface area contributed by atoms with Crippen LogP contribution in [-0.4, -0.2) is 70.6 Å². The van der Waals surface area contributed by atoms with Gasteiger partial charge in [-0.05, 0) is 67.4 Å². The van der Waals surface area contributed by atoms with Gasteiger partial charge in [0.2, 0.25) is 0 Å². The third kappa shape index (κ3) is 7.36. The van der Waals surface area contributed by atoms with Crippen molar-refractivity contribution in [2.24, 2.45) is 5.41 Å². The van der Waals surface area contributed by atoms with Gasteiger partial charge in [-0.3, -0.25) is 0 Å². The minimum Gasteiger partial charge on any atom is -0.492 e. The fraction of sp³-hybridized carbons (Fsp3) is 0.625. The summed E-state index contributed by atoms with van der Waals surface area (Å²) < 4.78 is 34.2.